The zero-order valence-electron chi connectivity index (χ0n) is 14.3. The van der Waals surface area contributed by atoms with Gasteiger partial charge in [0.05, 0.1) is 0 Å². The van der Waals surface area contributed by atoms with Gasteiger partial charge in [-0.15, -0.1) is 5.10 Å². The van der Waals surface area contributed by atoms with Crippen LogP contribution in [0.3, 0.4) is 0 Å². The molecule has 1 heterocycles. The maximum absolute atomic E-state index is 6.08. The number of hydrogen-bond acceptors (Lipinski definition) is 4. The molecular formula is C21H16ClN3OS. The molecule has 0 aliphatic rings. The van der Waals surface area contributed by atoms with Crippen LogP contribution in [0, 0.1) is 4.84 Å². The average molecular weight is 394 g/mol. The fourth-order valence-corrected chi connectivity index (χ4v) is 3.16. The number of benzene rings is 3. The molecule has 0 radical (unpaired) electrons. The van der Waals surface area contributed by atoms with Crippen molar-refractivity contribution in [1.29, 1.82) is 0 Å². The van der Waals surface area contributed by atoms with Gasteiger partial charge in [-0.25, -0.2) is 0 Å². The second kappa shape index (κ2) is 7.78. The van der Waals surface area contributed by atoms with Crippen molar-refractivity contribution in [2.45, 2.75) is 6.67 Å². The summed E-state index contributed by atoms with van der Waals surface area (Å²) in [6, 6.07) is 27.6. The lowest BCUT2D eigenvalue weighted by atomic mass is 10.2. The molecule has 0 aliphatic heterocycles. The lowest BCUT2D eigenvalue weighted by Crippen LogP contribution is -2.22. The number of rotatable bonds is 5. The fraction of sp³-hybridized carbons (Fsp3) is 0.0476. The maximum Gasteiger partial charge on any atom is 0.289 e. The summed E-state index contributed by atoms with van der Waals surface area (Å²) in [5, 5.41) is 5.18. The Bertz CT molecular complexity index is 1050. The van der Waals surface area contributed by atoms with Gasteiger partial charge in [-0.05, 0) is 54.7 Å². The van der Waals surface area contributed by atoms with Gasteiger partial charge in [-0.3, -0.25) is 0 Å². The van der Waals surface area contributed by atoms with Gasteiger partial charge in [0.2, 0.25) is 5.89 Å². The molecule has 0 saturated heterocycles. The van der Waals surface area contributed by atoms with E-state index in [9.17, 15) is 0 Å². The molecule has 4 nitrogen and oxygen atoms in total. The predicted molar refractivity (Wildman–Crippen MR) is 111 cm³/mol. The van der Waals surface area contributed by atoms with Crippen molar-refractivity contribution in [3.8, 4) is 11.5 Å². The monoisotopic (exact) mass is 393 g/mol. The molecule has 6 heteroatoms. The highest BCUT2D eigenvalue weighted by molar-refractivity contribution is 7.71. The highest BCUT2D eigenvalue weighted by Gasteiger charge is 2.14. The summed E-state index contributed by atoms with van der Waals surface area (Å²) in [6.45, 7) is 0.428. The van der Waals surface area contributed by atoms with Crippen LogP contribution in [0.1, 0.15) is 0 Å². The van der Waals surface area contributed by atoms with Crippen LogP contribution in [0.25, 0.3) is 11.5 Å². The minimum atomic E-state index is 0.307. The summed E-state index contributed by atoms with van der Waals surface area (Å²) in [7, 11) is 0. The molecule has 1 aromatic heterocycles. The molecule has 0 saturated carbocycles. The van der Waals surface area contributed by atoms with Crippen LogP contribution in [0.15, 0.2) is 89.3 Å². The zero-order chi connectivity index (χ0) is 18.6. The van der Waals surface area contributed by atoms with E-state index in [1.807, 2.05) is 54.6 Å². The molecular weight excluding hydrogens is 378 g/mol. The van der Waals surface area contributed by atoms with Gasteiger partial charge in [0.1, 0.15) is 6.67 Å². The molecule has 0 aliphatic carbocycles. The summed E-state index contributed by atoms with van der Waals surface area (Å²) < 4.78 is 7.38. The summed E-state index contributed by atoms with van der Waals surface area (Å²) in [6.07, 6.45) is 0. The molecule has 0 atom stereocenters. The first kappa shape index (κ1) is 17.5. The zero-order valence-corrected chi connectivity index (χ0v) is 15.9. The number of aromatic nitrogens is 2. The topological polar surface area (TPSA) is 34.2 Å². The van der Waals surface area contributed by atoms with E-state index in [2.05, 4.69) is 34.3 Å². The summed E-state index contributed by atoms with van der Waals surface area (Å²) in [4.78, 5) is 2.43. The summed E-state index contributed by atoms with van der Waals surface area (Å²) >= 11 is 11.5. The van der Waals surface area contributed by atoms with Gasteiger partial charge >= 0.3 is 0 Å². The number of anilines is 2. The van der Waals surface area contributed by atoms with E-state index in [1.54, 1.807) is 10.7 Å². The predicted octanol–water partition coefficient (Wildman–Crippen LogP) is 6.32. The quantitative estimate of drug-likeness (QED) is 0.371. The molecule has 27 heavy (non-hydrogen) atoms. The van der Waals surface area contributed by atoms with Crippen molar-refractivity contribution in [2.24, 2.45) is 0 Å². The van der Waals surface area contributed by atoms with Gasteiger partial charge in [0.15, 0.2) is 0 Å². The Labute approximate surface area is 167 Å². The van der Waals surface area contributed by atoms with Crippen molar-refractivity contribution in [1.82, 2.24) is 9.78 Å². The summed E-state index contributed by atoms with van der Waals surface area (Å²) in [5.41, 5.74) is 2.87. The van der Waals surface area contributed by atoms with Crippen LogP contribution < -0.4 is 4.90 Å². The van der Waals surface area contributed by atoms with E-state index in [0.29, 0.717) is 22.4 Å². The van der Waals surface area contributed by atoms with Gasteiger partial charge in [0, 0.05) is 22.0 Å². The van der Waals surface area contributed by atoms with Gasteiger partial charge in [0.25, 0.3) is 4.84 Å². The van der Waals surface area contributed by atoms with E-state index in [0.717, 1.165) is 16.9 Å². The number of halogens is 1. The Balaban J connectivity index is 1.71. The molecule has 0 fully saturated rings. The number of hydrogen-bond donors (Lipinski definition) is 0. The minimum Gasteiger partial charge on any atom is -0.409 e. The number of para-hydroxylation sites is 2. The van der Waals surface area contributed by atoms with Crippen LogP contribution in [-0.4, -0.2) is 9.78 Å². The molecule has 0 bridgehead atoms. The third-order valence-electron chi connectivity index (χ3n) is 4.09. The van der Waals surface area contributed by atoms with E-state index in [4.69, 9.17) is 28.2 Å². The summed E-state index contributed by atoms with van der Waals surface area (Å²) in [5.74, 6) is 0.448. The molecule has 0 N–H and O–H groups in total. The van der Waals surface area contributed by atoms with Crippen LogP contribution in [0.2, 0.25) is 5.02 Å². The average Bonchev–Trinajstić information content (AvgIpc) is 3.08. The van der Waals surface area contributed by atoms with Crippen LogP contribution >= 0.6 is 23.8 Å². The first-order chi connectivity index (χ1) is 13.2. The smallest absolute Gasteiger partial charge is 0.289 e. The van der Waals surface area contributed by atoms with Gasteiger partial charge < -0.3 is 9.32 Å². The molecule has 0 amide bonds. The van der Waals surface area contributed by atoms with Crippen molar-refractivity contribution in [2.75, 3.05) is 4.90 Å². The van der Waals surface area contributed by atoms with E-state index < -0.39 is 0 Å². The van der Waals surface area contributed by atoms with Crippen molar-refractivity contribution in [3.05, 3.63) is 94.8 Å². The molecule has 0 spiro atoms. The third kappa shape index (κ3) is 3.94. The fourth-order valence-electron chi connectivity index (χ4n) is 2.80. The standard InChI is InChI=1S/C21H16ClN3OS/c22-17-9-7-8-16(14-17)20-23-25(21(27)26-20)15-24(18-10-3-1-4-11-18)19-12-5-2-6-13-19/h1-14H,15H2. The van der Waals surface area contributed by atoms with Crippen molar-refractivity contribution in [3.63, 3.8) is 0 Å². The minimum absolute atomic E-state index is 0.307. The Morgan fingerprint density at radius 2 is 1.52 bits per heavy atom. The lowest BCUT2D eigenvalue weighted by molar-refractivity contribution is 0.513. The highest BCUT2D eigenvalue weighted by atomic mass is 35.5. The van der Waals surface area contributed by atoms with Gasteiger partial charge in [-0.2, -0.15) is 4.68 Å². The highest BCUT2D eigenvalue weighted by Crippen LogP contribution is 2.27. The van der Waals surface area contributed by atoms with E-state index in [1.165, 1.54) is 0 Å². The normalized spacial score (nSPS) is 10.7. The molecule has 0 unspecified atom stereocenters. The molecule has 3 aromatic carbocycles. The second-order valence-electron chi connectivity index (χ2n) is 5.92. The van der Waals surface area contributed by atoms with E-state index >= 15 is 0 Å². The van der Waals surface area contributed by atoms with Crippen LogP contribution in [-0.2, 0) is 6.67 Å². The third-order valence-corrected chi connectivity index (χ3v) is 4.62. The SMILES string of the molecule is S=c1oc(-c2cccc(Cl)c2)nn1CN(c1ccccc1)c1ccccc1. The van der Waals surface area contributed by atoms with Gasteiger partial charge in [-0.1, -0.05) is 54.1 Å². The molecule has 134 valence electrons. The Hall–Kier alpha value is -2.89. The van der Waals surface area contributed by atoms with Crippen LogP contribution in [0.4, 0.5) is 11.4 Å². The Morgan fingerprint density at radius 1 is 0.889 bits per heavy atom. The van der Waals surface area contributed by atoms with Crippen molar-refractivity contribution < 1.29 is 4.42 Å². The lowest BCUT2D eigenvalue weighted by Gasteiger charge is -2.24. The van der Waals surface area contributed by atoms with Crippen molar-refractivity contribution >= 4 is 35.2 Å². The first-order valence-electron chi connectivity index (χ1n) is 8.42. The van der Waals surface area contributed by atoms with E-state index in [-0.39, 0.29) is 0 Å². The number of nitrogens with zero attached hydrogens (tertiary/aromatic N) is 3. The molecule has 4 rings (SSSR count). The first-order valence-corrected chi connectivity index (χ1v) is 9.21. The maximum atomic E-state index is 6.08. The second-order valence-corrected chi connectivity index (χ2v) is 6.71. The van der Waals surface area contributed by atoms with Crippen LogP contribution in [0.5, 0.6) is 0 Å². The Kier molecular flexibility index (Phi) is 5.05. The molecule has 4 aromatic rings. The Morgan fingerprint density at radius 3 is 2.11 bits per heavy atom. The largest absolute Gasteiger partial charge is 0.409 e.